The van der Waals surface area contributed by atoms with Crippen LogP contribution in [0.15, 0.2) is 47.4 Å². The van der Waals surface area contributed by atoms with Gasteiger partial charge in [-0.2, -0.15) is 0 Å². The molecule has 0 saturated carbocycles. The number of aromatic nitrogens is 1. The Morgan fingerprint density at radius 3 is 2.94 bits per heavy atom. The molecule has 4 N–H and O–H groups in total. The molecular formula is C24H28FN5O2. The van der Waals surface area contributed by atoms with Crippen LogP contribution < -0.4 is 21.1 Å². The first kappa shape index (κ1) is 23.0. The lowest BCUT2D eigenvalue weighted by Gasteiger charge is -2.14. The number of nitrogens with one attached hydrogen (secondary N) is 2. The average molecular weight is 438 g/mol. The fraction of sp³-hybridized carbons (Fsp3) is 0.292. The third-order valence-corrected chi connectivity index (χ3v) is 5.11. The van der Waals surface area contributed by atoms with Gasteiger partial charge in [0.15, 0.2) is 0 Å². The zero-order chi connectivity index (χ0) is 23.1. The fourth-order valence-corrected chi connectivity index (χ4v) is 3.41. The van der Waals surface area contributed by atoms with Crippen LogP contribution in [0.2, 0.25) is 0 Å². The molecule has 0 saturated heterocycles. The van der Waals surface area contributed by atoms with E-state index in [1.807, 2.05) is 26.0 Å². The van der Waals surface area contributed by atoms with E-state index in [-0.39, 0.29) is 12.1 Å². The predicted octanol–water partition coefficient (Wildman–Crippen LogP) is 3.81. The SMILES string of the molecule is CC/C=C(N)/N=C\C=C(/C)c1cnc(NCc2cccc(C(=O)NC)c2F)c2c1OCC2. The number of benzene rings is 1. The predicted molar refractivity (Wildman–Crippen MR) is 125 cm³/mol. The van der Waals surface area contributed by atoms with Gasteiger partial charge in [0.2, 0.25) is 0 Å². The van der Waals surface area contributed by atoms with E-state index in [1.165, 1.54) is 13.1 Å². The molecule has 2 aromatic rings. The minimum atomic E-state index is -0.543. The maximum absolute atomic E-state index is 14.7. The number of allylic oxidation sites excluding steroid dienone is 3. The van der Waals surface area contributed by atoms with E-state index in [0.29, 0.717) is 30.2 Å². The minimum Gasteiger partial charge on any atom is -0.492 e. The maximum Gasteiger partial charge on any atom is 0.254 e. The first-order chi connectivity index (χ1) is 15.5. The van der Waals surface area contributed by atoms with E-state index in [0.717, 1.165) is 28.9 Å². The summed E-state index contributed by atoms with van der Waals surface area (Å²) < 4.78 is 20.6. The van der Waals surface area contributed by atoms with Gasteiger partial charge >= 0.3 is 0 Å². The van der Waals surface area contributed by atoms with Crippen molar-refractivity contribution >= 4 is 23.5 Å². The number of ether oxygens (including phenoxy) is 1. The number of halogens is 1. The monoisotopic (exact) mass is 437 g/mol. The van der Waals surface area contributed by atoms with E-state index >= 15 is 0 Å². The summed E-state index contributed by atoms with van der Waals surface area (Å²) in [7, 11) is 1.47. The Bertz CT molecular complexity index is 1090. The van der Waals surface area contributed by atoms with Crippen LogP contribution in [0, 0.1) is 5.82 Å². The summed E-state index contributed by atoms with van der Waals surface area (Å²) in [6.07, 6.45) is 8.62. The molecule has 0 unspecified atom stereocenters. The van der Waals surface area contributed by atoms with Gasteiger partial charge in [-0.05, 0) is 37.1 Å². The van der Waals surface area contributed by atoms with Crippen molar-refractivity contribution in [2.24, 2.45) is 10.7 Å². The molecule has 1 amide bonds. The summed E-state index contributed by atoms with van der Waals surface area (Å²) in [5, 5.41) is 5.64. The van der Waals surface area contributed by atoms with Crippen LogP contribution in [0.25, 0.3) is 5.57 Å². The van der Waals surface area contributed by atoms with E-state index in [2.05, 4.69) is 20.6 Å². The largest absolute Gasteiger partial charge is 0.492 e. The molecule has 2 heterocycles. The van der Waals surface area contributed by atoms with Gasteiger partial charge in [0.1, 0.15) is 23.2 Å². The number of hydrogen-bond donors (Lipinski definition) is 3. The van der Waals surface area contributed by atoms with E-state index < -0.39 is 11.7 Å². The maximum atomic E-state index is 14.7. The lowest BCUT2D eigenvalue weighted by atomic mass is 10.0. The zero-order valence-electron chi connectivity index (χ0n) is 18.5. The number of hydrogen-bond acceptors (Lipinski definition) is 6. The highest BCUT2D eigenvalue weighted by molar-refractivity contribution is 5.94. The van der Waals surface area contributed by atoms with Crippen LogP contribution in [0.1, 0.15) is 47.3 Å². The molecule has 8 heteroatoms. The second kappa shape index (κ2) is 10.6. The summed E-state index contributed by atoms with van der Waals surface area (Å²) in [6, 6.07) is 4.76. The number of carbonyl (C=O) groups is 1. The van der Waals surface area contributed by atoms with Gasteiger partial charge in [0, 0.05) is 49.1 Å². The molecule has 1 aromatic heterocycles. The summed E-state index contributed by atoms with van der Waals surface area (Å²) >= 11 is 0. The van der Waals surface area contributed by atoms with Crippen LogP contribution in [0.3, 0.4) is 0 Å². The van der Waals surface area contributed by atoms with Gasteiger partial charge in [-0.1, -0.05) is 19.1 Å². The molecule has 0 bridgehead atoms. The molecule has 32 heavy (non-hydrogen) atoms. The molecular weight excluding hydrogens is 409 g/mol. The van der Waals surface area contributed by atoms with Crippen molar-refractivity contribution in [3.8, 4) is 5.75 Å². The summed E-state index contributed by atoms with van der Waals surface area (Å²) in [5.41, 5.74) is 8.95. The highest BCUT2D eigenvalue weighted by Gasteiger charge is 2.22. The number of rotatable bonds is 8. The highest BCUT2D eigenvalue weighted by Crippen LogP contribution is 2.37. The van der Waals surface area contributed by atoms with Crippen LogP contribution in [-0.2, 0) is 13.0 Å². The van der Waals surface area contributed by atoms with Crippen LogP contribution in [-0.4, -0.2) is 30.8 Å². The van der Waals surface area contributed by atoms with Crippen LogP contribution >= 0.6 is 0 Å². The number of anilines is 1. The Morgan fingerprint density at radius 2 is 2.19 bits per heavy atom. The van der Waals surface area contributed by atoms with E-state index in [1.54, 1.807) is 24.5 Å². The molecule has 1 aliphatic heterocycles. The zero-order valence-corrected chi connectivity index (χ0v) is 18.5. The summed E-state index contributed by atoms with van der Waals surface area (Å²) in [5.74, 6) is 0.879. The first-order valence-electron chi connectivity index (χ1n) is 10.5. The lowest BCUT2D eigenvalue weighted by Crippen LogP contribution is -2.20. The molecule has 0 atom stereocenters. The third-order valence-electron chi connectivity index (χ3n) is 5.11. The van der Waals surface area contributed by atoms with Crippen molar-refractivity contribution in [1.82, 2.24) is 10.3 Å². The van der Waals surface area contributed by atoms with E-state index in [4.69, 9.17) is 10.5 Å². The number of nitrogens with zero attached hydrogens (tertiary/aromatic N) is 2. The van der Waals surface area contributed by atoms with Gasteiger partial charge < -0.3 is 21.1 Å². The standard InChI is InChI=1S/C24H28FN5O2/c1-4-6-20(26)28-11-9-15(2)19-14-30-23(18-10-12-32-22(18)19)29-13-16-7-5-8-17(21(16)25)24(31)27-3/h5-9,11,14H,4,10,12-13,26H2,1-3H3,(H,27,31)(H,29,30)/b15-9+,20-6+,28-11-. The van der Waals surface area contributed by atoms with Crippen molar-refractivity contribution < 1.29 is 13.9 Å². The van der Waals surface area contributed by atoms with Crippen molar-refractivity contribution in [3.63, 3.8) is 0 Å². The smallest absolute Gasteiger partial charge is 0.254 e. The minimum absolute atomic E-state index is 0.0144. The van der Waals surface area contributed by atoms with Crippen LogP contribution in [0.5, 0.6) is 5.75 Å². The Kier molecular flexibility index (Phi) is 7.59. The summed E-state index contributed by atoms with van der Waals surface area (Å²) in [4.78, 5) is 20.6. The van der Waals surface area contributed by atoms with Crippen molar-refractivity contribution in [2.45, 2.75) is 33.2 Å². The van der Waals surface area contributed by atoms with Crippen molar-refractivity contribution in [3.05, 3.63) is 70.4 Å². The quantitative estimate of drug-likeness (QED) is 0.545. The first-order valence-corrected chi connectivity index (χ1v) is 10.5. The molecule has 168 valence electrons. The summed E-state index contributed by atoms with van der Waals surface area (Å²) in [6.45, 7) is 4.70. The van der Waals surface area contributed by atoms with Gasteiger partial charge in [-0.15, -0.1) is 0 Å². The molecule has 0 spiro atoms. The lowest BCUT2D eigenvalue weighted by molar-refractivity contribution is 0.0959. The van der Waals surface area contributed by atoms with Gasteiger partial charge in [0.05, 0.1) is 12.2 Å². The Balaban J connectivity index is 1.81. The van der Waals surface area contributed by atoms with Crippen LogP contribution in [0.4, 0.5) is 10.2 Å². The van der Waals surface area contributed by atoms with Gasteiger partial charge in [-0.25, -0.2) is 14.4 Å². The molecule has 7 nitrogen and oxygen atoms in total. The number of carbonyl (C=O) groups excluding carboxylic acids is 1. The number of aliphatic imine (C=N–C) groups is 1. The number of amides is 1. The van der Waals surface area contributed by atoms with E-state index in [9.17, 15) is 9.18 Å². The normalized spacial score (nSPS) is 13.8. The number of nitrogens with two attached hydrogens (primary N) is 1. The number of fused-ring (bicyclic) bond motifs is 1. The third kappa shape index (κ3) is 5.14. The second-order valence-corrected chi connectivity index (χ2v) is 7.30. The average Bonchev–Trinajstić information content (AvgIpc) is 3.28. The molecule has 1 aromatic carbocycles. The van der Waals surface area contributed by atoms with Gasteiger partial charge in [-0.3, -0.25) is 4.79 Å². The molecule has 3 rings (SSSR count). The highest BCUT2D eigenvalue weighted by atomic mass is 19.1. The topological polar surface area (TPSA) is 102 Å². The number of pyridine rings is 1. The molecule has 0 fully saturated rings. The Labute approximate surface area is 187 Å². The van der Waals surface area contributed by atoms with Crippen molar-refractivity contribution in [1.29, 1.82) is 0 Å². The molecule has 1 aliphatic rings. The Morgan fingerprint density at radius 1 is 1.38 bits per heavy atom. The second-order valence-electron chi connectivity index (χ2n) is 7.30. The molecule has 0 radical (unpaired) electrons. The van der Waals surface area contributed by atoms with Gasteiger partial charge in [0.25, 0.3) is 5.91 Å². The fourth-order valence-electron chi connectivity index (χ4n) is 3.41. The van der Waals surface area contributed by atoms with Crippen molar-refractivity contribution in [2.75, 3.05) is 19.0 Å². The molecule has 0 aliphatic carbocycles. The Hall–Kier alpha value is -3.68.